The van der Waals surface area contributed by atoms with E-state index in [0.29, 0.717) is 6.42 Å². The van der Waals surface area contributed by atoms with Crippen LogP contribution in [-0.4, -0.2) is 38.0 Å². The minimum absolute atomic E-state index is 0.136. The zero-order valence-corrected chi connectivity index (χ0v) is 12.2. The van der Waals surface area contributed by atoms with Crippen LogP contribution in [0.2, 0.25) is 0 Å². The Balaban J connectivity index is 2.45. The average molecular weight is 292 g/mol. The van der Waals surface area contributed by atoms with Crippen LogP contribution in [-0.2, 0) is 19.1 Å². The molecular weight excluding hydrogens is 272 g/mol. The molecule has 1 rings (SSSR count). The lowest BCUT2D eigenvalue weighted by molar-refractivity contribution is -0.150. The van der Waals surface area contributed by atoms with E-state index in [9.17, 15) is 14.4 Å². The van der Waals surface area contributed by atoms with Crippen LogP contribution in [0.4, 0.5) is 0 Å². The van der Waals surface area contributed by atoms with Crippen molar-refractivity contribution in [3.63, 3.8) is 0 Å². The average Bonchev–Trinajstić information content (AvgIpc) is 2.52. The largest absolute Gasteiger partial charge is 0.455 e. The molecule has 0 unspecified atom stereocenters. The zero-order chi connectivity index (χ0) is 15.7. The lowest BCUT2D eigenvalue weighted by atomic mass is 9.97. The Hall–Kier alpha value is -2.37. The molecule has 2 amide bonds. The summed E-state index contributed by atoms with van der Waals surface area (Å²) in [6.45, 7) is 1.35. The Labute approximate surface area is 123 Å². The van der Waals surface area contributed by atoms with Gasteiger partial charge in [-0.3, -0.25) is 14.4 Å². The van der Waals surface area contributed by atoms with Gasteiger partial charge in [0.15, 0.2) is 6.61 Å². The molecule has 0 aliphatic carbocycles. The van der Waals surface area contributed by atoms with Gasteiger partial charge >= 0.3 is 5.97 Å². The summed E-state index contributed by atoms with van der Waals surface area (Å²) in [7, 11) is 1.47. The Kier molecular flexibility index (Phi) is 6.94. The highest BCUT2D eigenvalue weighted by atomic mass is 16.5. The van der Waals surface area contributed by atoms with Gasteiger partial charge in [0.2, 0.25) is 5.91 Å². The smallest absolute Gasteiger partial charge is 0.313 e. The van der Waals surface area contributed by atoms with Crippen LogP contribution < -0.4 is 10.6 Å². The molecule has 1 aromatic rings. The molecule has 2 N–H and O–H groups in total. The number of likely N-dealkylation sites (N-methyl/N-ethyl adjacent to an activating group) is 1. The summed E-state index contributed by atoms with van der Waals surface area (Å²) in [5.41, 5.74) is 0.857. The van der Waals surface area contributed by atoms with E-state index in [1.165, 1.54) is 7.05 Å². The Morgan fingerprint density at radius 1 is 1.14 bits per heavy atom. The highest BCUT2D eigenvalue weighted by Crippen LogP contribution is 2.20. The minimum Gasteiger partial charge on any atom is -0.455 e. The van der Waals surface area contributed by atoms with Gasteiger partial charge in [0.05, 0.1) is 12.5 Å². The van der Waals surface area contributed by atoms with E-state index in [1.54, 1.807) is 0 Å². The van der Waals surface area contributed by atoms with E-state index in [2.05, 4.69) is 10.6 Å². The van der Waals surface area contributed by atoms with E-state index in [-0.39, 0.29) is 19.1 Å². The quantitative estimate of drug-likeness (QED) is 0.720. The topological polar surface area (TPSA) is 84.5 Å². The monoisotopic (exact) mass is 292 g/mol. The van der Waals surface area contributed by atoms with E-state index < -0.39 is 17.8 Å². The predicted molar refractivity (Wildman–Crippen MR) is 77.5 cm³/mol. The number of benzene rings is 1. The fraction of sp³-hybridized carbons (Fsp3) is 0.400. The van der Waals surface area contributed by atoms with Crippen molar-refractivity contribution in [3.05, 3.63) is 35.9 Å². The number of amides is 2. The van der Waals surface area contributed by atoms with Crippen molar-refractivity contribution < 1.29 is 19.1 Å². The number of ether oxygens (including phenoxy) is 1. The molecule has 0 saturated heterocycles. The van der Waals surface area contributed by atoms with Gasteiger partial charge in [-0.2, -0.15) is 0 Å². The normalized spacial score (nSPS) is 11.3. The zero-order valence-electron chi connectivity index (χ0n) is 12.2. The molecule has 21 heavy (non-hydrogen) atoms. The van der Waals surface area contributed by atoms with Crippen molar-refractivity contribution in [2.45, 2.75) is 19.3 Å². The standard InChI is InChI=1S/C15H20N2O4/c1-3-12(11-7-5-4-6-8-11)15(20)21-10-14(19)17-9-13(18)16-2/h4-8,12H,3,9-10H2,1-2H3,(H,16,18)(H,17,19)/t12-/m1/s1. The second-order valence-electron chi connectivity index (χ2n) is 4.43. The molecule has 1 aromatic carbocycles. The van der Waals surface area contributed by atoms with Crippen molar-refractivity contribution >= 4 is 17.8 Å². The van der Waals surface area contributed by atoms with Crippen LogP contribution in [0, 0.1) is 0 Å². The van der Waals surface area contributed by atoms with Crippen molar-refractivity contribution in [2.75, 3.05) is 20.2 Å². The number of nitrogens with one attached hydrogen (secondary N) is 2. The molecule has 0 saturated carbocycles. The number of hydrogen-bond acceptors (Lipinski definition) is 4. The van der Waals surface area contributed by atoms with Crippen LogP contribution >= 0.6 is 0 Å². The van der Waals surface area contributed by atoms with E-state index >= 15 is 0 Å². The molecule has 114 valence electrons. The molecule has 6 nitrogen and oxygen atoms in total. The number of hydrogen-bond donors (Lipinski definition) is 2. The summed E-state index contributed by atoms with van der Waals surface area (Å²) < 4.78 is 4.99. The highest BCUT2D eigenvalue weighted by Gasteiger charge is 2.20. The van der Waals surface area contributed by atoms with E-state index in [0.717, 1.165) is 5.56 Å². The molecule has 0 radical (unpaired) electrons. The fourth-order valence-electron chi connectivity index (χ4n) is 1.78. The first-order chi connectivity index (χ1) is 10.1. The first-order valence-electron chi connectivity index (χ1n) is 6.77. The summed E-state index contributed by atoms with van der Waals surface area (Å²) >= 11 is 0. The number of carbonyl (C=O) groups excluding carboxylic acids is 3. The third-order valence-electron chi connectivity index (χ3n) is 2.97. The SMILES string of the molecule is CC[C@@H](C(=O)OCC(=O)NCC(=O)NC)c1ccccc1. The van der Waals surface area contributed by atoms with Crippen LogP contribution in [0.15, 0.2) is 30.3 Å². The molecule has 6 heteroatoms. The van der Waals surface area contributed by atoms with Crippen molar-refractivity contribution in [1.29, 1.82) is 0 Å². The van der Waals surface area contributed by atoms with E-state index in [1.807, 2.05) is 37.3 Å². The number of rotatable bonds is 7. The van der Waals surface area contributed by atoms with Crippen molar-refractivity contribution in [3.8, 4) is 0 Å². The van der Waals surface area contributed by atoms with Gasteiger partial charge in [0, 0.05) is 7.05 Å². The summed E-state index contributed by atoms with van der Waals surface area (Å²) in [6, 6.07) is 9.26. The maximum Gasteiger partial charge on any atom is 0.313 e. The van der Waals surface area contributed by atoms with Gasteiger partial charge in [-0.25, -0.2) is 0 Å². The molecule has 0 aliphatic heterocycles. The molecule has 0 aliphatic rings. The summed E-state index contributed by atoms with van der Waals surface area (Å²) in [5.74, 6) is -1.66. The molecule has 0 bridgehead atoms. The molecular formula is C15H20N2O4. The third kappa shape index (κ3) is 5.64. The van der Waals surface area contributed by atoms with Gasteiger partial charge in [-0.1, -0.05) is 37.3 Å². The summed E-state index contributed by atoms with van der Waals surface area (Å²) in [4.78, 5) is 34.4. The Morgan fingerprint density at radius 2 is 1.81 bits per heavy atom. The Bertz CT molecular complexity index is 488. The summed E-state index contributed by atoms with van der Waals surface area (Å²) in [5, 5.41) is 4.73. The van der Waals surface area contributed by atoms with Crippen molar-refractivity contribution in [2.24, 2.45) is 0 Å². The Morgan fingerprint density at radius 3 is 2.38 bits per heavy atom. The maximum atomic E-state index is 12.0. The van der Waals surface area contributed by atoms with Crippen molar-refractivity contribution in [1.82, 2.24) is 10.6 Å². The number of carbonyl (C=O) groups is 3. The van der Waals surface area contributed by atoms with Crippen LogP contribution in [0.5, 0.6) is 0 Å². The first kappa shape index (κ1) is 16.7. The van der Waals surface area contributed by atoms with Gasteiger partial charge in [-0.15, -0.1) is 0 Å². The van der Waals surface area contributed by atoms with Gasteiger partial charge in [0.1, 0.15) is 0 Å². The van der Waals surface area contributed by atoms with Crippen LogP contribution in [0.1, 0.15) is 24.8 Å². The lowest BCUT2D eigenvalue weighted by Crippen LogP contribution is -2.37. The van der Waals surface area contributed by atoms with Gasteiger partial charge in [0.25, 0.3) is 5.91 Å². The summed E-state index contributed by atoms with van der Waals surface area (Å²) in [6.07, 6.45) is 0.586. The van der Waals surface area contributed by atoms with Crippen LogP contribution in [0.3, 0.4) is 0 Å². The molecule has 0 heterocycles. The van der Waals surface area contributed by atoms with E-state index in [4.69, 9.17) is 4.74 Å². The fourth-order valence-corrected chi connectivity index (χ4v) is 1.78. The van der Waals surface area contributed by atoms with Gasteiger partial charge < -0.3 is 15.4 Å². The maximum absolute atomic E-state index is 12.0. The van der Waals surface area contributed by atoms with Gasteiger partial charge in [-0.05, 0) is 12.0 Å². The molecule has 1 atom stereocenters. The third-order valence-corrected chi connectivity index (χ3v) is 2.97. The lowest BCUT2D eigenvalue weighted by Gasteiger charge is -2.14. The second-order valence-corrected chi connectivity index (χ2v) is 4.43. The molecule has 0 fully saturated rings. The predicted octanol–water partition coefficient (Wildman–Crippen LogP) is 0.586. The molecule has 0 spiro atoms. The first-order valence-corrected chi connectivity index (χ1v) is 6.77. The number of esters is 1. The molecule has 0 aromatic heterocycles. The highest BCUT2D eigenvalue weighted by molar-refractivity contribution is 5.87. The minimum atomic E-state index is -0.505. The van der Waals surface area contributed by atoms with Crippen LogP contribution in [0.25, 0.3) is 0 Å². The second kappa shape index (κ2) is 8.73.